The highest BCUT2D eigenvalue weighted by atomic mass is 35.5. The van der Waals surface area contributed by atoms with Gasteiger partial charge in [0.15, 0.2) is 0 Å². The van der Waals surface area contributed by atoms with E-state index in [9.17, 15) is 14.4 Å². The zero-order valence-electron chi connectivity index (χ0n) is 15.1. The van der Waals surface area contributed by atoms with Gasteiger partial charge in [-0.15, -0.1) is 0 Å². The van der Waals surface area contributed by atoms with Crippen LogP contribution < -0.4 is 10.6 Å². The van der Waals surface area contributed by atoms with Crippen LogP contribution in [0.3, 0.4) is 0 Å². The van der Waals surface area contributed by atoms with Crippen molar-refractivity contribution in [3.63, 3.8) is 0 Å². The fourth-order valence-electron chi connectivity index (χ4n) is 2.98. The number of nitrogens with one attached hydrogen (secondary N) is 2. The Kier molecular flexibility index (Phi) is 6.85. The van der Waals surface area contributed by atoms with E-state index in [0.717, 1.165) is 6.42 Å². The Hall–Kier alpha value is -2.28. The highest BCUT2D eigenvalue weighted by Gasteiger charge is 2.39. The molecular weight excluding hydrogens is 358 g/mol. The number of ether oxygens (including phenoxy) is 1. The predicted molar refractivity (Wildman–Crippen MR) is 99.0 cm³/mol. The Morgan fingerprint density at radius 1 is 1.31 bits per heavy atom. The molecule has 8 heteroatoms. The molecule has 2 atom stereocenters. The van der Waals surface area contributed by atoms with Crippen LogP contribution in [0.25, 0.3) is 0 Å². The number of halogens is 1. The number of carbonyl (C=O) groups excluding carboxylic acids is 3. The number of hydrogen-bond donors (Lipinski definition) is 2. The maximum atomic E-state index is 12.9. The van der Waals surface area contributed by atoms with E-state index in [2.05, 4.69) is 10.6 Å². The van der Waals surface area contributed by atoms with Crippen LogP contribution in [-0.4, -0.2) is 48.5 Å². The van der Waals surface area contributed by atoms with E-state index in [4.69, 9.17) is 16.3 Å². The molecule has 3 amide bonds. The average molecular weight is 382 g/mol. The fraction of sp³-hybridized carbons (Fsp3) is 0.500. The van der Waals surface area contributed by atoms with E-state index < -0.39 is 24.1 Å². The monoisotopic (exact) mass is 381 g/mol. The summed E-state index contributed by atoms with van der Waals surface area (Å²) in [5.41, 5.74) is 0.526. The Morgan fingerprint density at radius 2 is 2.04 bits per heavy atom. The van der Waals surface area contributed by atoms with Crippen LogP contribution in [0.2, 0.25) is 5.02 Å². The summed E-state index contributed by atoms with van der Waals surface area (Å²) in [6.07, 6.45) is 1.29. The third-order valence-electron chi connectivity index (χ3n) is 4.31. The van der Waals surface area contributed by atoms with Gasteiger partial charge in [0.2, 0.25) is 5.91 Å². The molecule has 1 fully saturated rings. The van der Waals surface area contributed by atoms with Crippen LogP contribution in [0.15, 0.2) is 24.3 Å². The standard InChI is InChI=1S/C18H24ClN3O4/c1-11(2)15(16(23)22-9-5-8-14(22)17(24)26-3)21-18(25)20-13-7-4-6-12(19)10-13/h4,6-7,10-11,14-15H,5,8-9H2,1-3H3,(H2,20,21,25)/t14-,15-/m0/s1. The summed E-state index contributed by atoms with van der Waals surface area (Å²) in [7, 11) is 1.31. The summed E-state index contributed by atoms with van der Waals surface area (Å²) < 4.78 is 4.78. The van der Waals surface area contributed by atoms with Gasteiger partial charge in [-0.25, -0.2) is 9.59 Å². The summed E-state index contributed by atoms with van der Waals surface area (Å²) in [5.74, 6) is -0.859. The molecule has 1 saturated heterocycles. The van der Waals surface area contributed by atoms with Crippen molar-refractivity contribution in [1.29, 1.82) is 0 Å². The fourth-order valence-corrected chi connectivity index (χ4v) is 3.17. The van der Waals surface area contributed by atoms with Crippen molar-refractivity contribution in [2.24, 2.45) is 5.92 Å². The second-order valence-corrected chi connectivity index (χ2v) is 6.98. The molecule has 2 rings (SSSR count). The summed E-state index contributed by atoms with van der Waals surface area (Å²) in [4.78, 5) is 38.6. The number of amides is 3. The van der Waals surface area contributed by atoms with E-state index in [1.54, 1.807) is 24.3 Å². The zero-order chi connectivity index (χ0) is 19.3. The quantitative estimate of drug-likeness (QED) is 0.767. The maximum absolute atomic E-state index is 12.9. The second kappa shape index (κ2) is 8.89. The van der Waals surface area contributed by atoms with Crippen LogP contribution >= 0.6 is 11.6 Å². The first-order valence-corrected chi connectivity index (χ1v) is 8.92. The second-order valence-electron chi connectivity index (χ2n) is 6.54. The Labute approximate surface area is 158 Å². The molecule has 1 aliphatic heterocycles. The summed E-state index contributed by atoms with van der Waals surface area (Å²) in [6.45, 7) is 4.15. The molecule has 1 heterocycles. The molecule has 0 bridgehead atoms. The Morgan fingerprint density at radius 3 is 2.65 bits per heavy atom. The Bertz CT molecular complexity index is 680. The van der Waals surface area contributed by atoms with E-state index in [1.165, 1.54) is 12.0 Å². The number of benzene rings is 1. The molecule has 1 aromatic carbocycles. The van der Waals surface area contributed by atoms with E-state index in [1.807, 2.05) is 13.8 Å². The van der Waals surface area contributed by atoms with Crippen LogP contribution in [0.4, 0.5) is 10.5 Å². The molecule has 1 aliphatic rings. The molecule has 0 aliphatic carbocycles. The number of carbonyl (C=O) groups is 3. The third kappa shape index (κ3) is 4.88. The van der Waals surface area contributed by atoms with Crippen LogP contribution in [0.5, 0.6) is 0 Å². The molecule has 0 unspecified atom stereocenters. The number of nitrogens with zero attached hydrogens (tertiary/aromatic N) is 1. The number of hydrogen-bond acceptors (Lipinski definition) is 4. The Balaban J connectivity index is 2.06. The lowest BCUT2D eigenvalue weighted by molar-refractivity contribution is -0.151. The van der Waals surface area contributed by atoms with Gasteiger partial charge >= 0.3 is 12.0 Å². The molecular formula is C18H24ClN3O4. The maximum Gasteiger partial charge on any atom is 0.328 e. The van der Waals surface area contributed by atoms with Gasteiger partial charge in [-0.1, -0.05) is 31.5 Å². The van der Waals surface area contributed by atoms with Crippen molar-refractivity contribution in [2.45, 2.75) is 38.8 Å². The van der Waals surface area contributed by atoms with Gasteiger partial charge in [-0.05, 0) is 37.0 Å². The number of urea groups is 1. The number of likely N-dealkylation sites (tertiary alicyclic amines) is 1. The van der Waals surface area contributed by atoms with Gasteiger partial charge in [0.05, 0.1) is 7.11 Å². The molecule has 0 aromatic heterocycles. The minimum absolute atomic E-state index is 0.147. The molecule has 142 valence electrons. The first kappa shape index (κ1) is 20.0. The lowest BCUT2D eigenvalue weighted by Gasteiger charge is -2.29. The van der Waals surface area contributed by atoms with Crippen LogP contribution in [0.1, 0.15) is 26.7 Å². The van der Waals surface area contributed by atoms with Crippen molar-refractivity contribution in [2.75, 3.05) is 19.0 Å². The van der Waals surface area contributed by atoms with Gasteiger partial charge < -0.3 is 20.3 Å². The predicted octanol–water partition coefficient (Wildman–Crippen LogP) is 2.65. The lowest BCUT2D eigenvalue weighted by atomic mass is 10.0. The molecule has 7 nitrogen and oxygen atoms in total. The van der Waals surface area contributed by atoms with Crippen molar-refractivity contribution >= 4 is 35.2 Å². The lowest BCUT2D eigenvalue weighted by Crippen LogP contribution is -2.54. The van der Waals surface area contributed by atoms with Crippen molar-refractivity contribution in [3.05, 3.63) is 29.3 Å². The SMILES string of the molecule is COC(=O)[C@@H]1CCCN1C(=O)[C@@H](NC(=O)Nc1cccc(Cl)c1)C(C)C. The first-order chi connectivity index (χ1) is 12.3. The van der Waals surface area contributed by atoms with Gasteiger partial charge in [-0.2, -0.15) is 0 Å². The summed E-state index contributed by atoms with van der Waals surface area (Å²) in [5, 5.41) is 5.86. The number of esters is 1. The minimum Gasteiger partial charge on any atom is -0.467 e. The normalized spacial score (nSPS) is 17.7. The number of rotatable bonds is 5. The number of methoxy groups -OCH3 is 1. The van der Waals surface area contributed by atoms with Crippen LogP contribution in [-0.2, 0) is 14.3 Å². The van der Waals surface area contributed by atoms with E-state index >= 15 is 0 Å². The van der Waals surface area contributed by atoms with Gasteiger partial charge in [0, 0.05) is 17.3 Å². The molecule has 1 aromatic rings. The van der Waals surface area contributed by atoms with E-state index in [-0.39, 0.29) is 11.8 Å². The molecule has 0 radical (unpaired) electrons. The zero-order valence-corrected chi connectivity index (χ0v) is 15.9. The van der Waals surface area contributed by atoms with Gasteiger partial charge in [-0.3, -0.25) is 4.79 Å². The highest BCUT2D eigenvalue weighted by Crippen LogP contribution is 2.21. The molecule has 0 saturated carbocycles. The summed E-state index contributed by atoms with van der Waals surface area (Å²) >= 11 is 5.90. The third-order valence-corrected chi connectivity index (χ3v) is 4.55. The van der Waals surface area contributed by atoms with Crippen LogP contribution in [0, 0.1) is 5.92 Å². The number of anilines is 1. The largest absolute Gasteiger partial charge is 0.467 e. The topological polar surface area (TPSA) is 87.7 Å². The minimum atomic E-state index is -0.751. The first-order valence-electron chi connectivity index (χ1n) is 8.55. The summed E-state index contributed by atoms with van der Waals surface area (Å²) in [6, 6.07) is 4.88. The van der Waals surface area contributed by atoms with E-state index in [0.29, 0.717) is 23.7 Å². The van der Waals surface area contributed by atoms with Gasteiger partial charge in [0.1, 0.15) is 12.1 Å². The average Bonchev–Trinajstić information content (AvgIpc) is 3.08. The smallest absolute Gasteiger partial charge is 0.328 e. The molecule has 0 spiro atoms. The highest BCUT2D eigenvalue weighted by molar-refractivity contribution is 6.30. The van der Waals surface area contributed by atoms with Gasteiger partial charge in [0.25, 0.3) is 0 Å². The van der Waals surface area contributed by atoms with Crippen molar-refractivity contribution in [3.8, 4) is 0 Å². The van der Waals surface area contributed by atoms with Crippen molar-refractivity contribution in [1.82, 2.24) is 10.2 Å². The molecule has 26 heavy (non-hydrogen) atoms. The van der Waals surface area contributed by atoms with Crippen molar-refractivity contribution < 1.29 is 19.1 Å². The molecule has 2 N–H and O–H groups in total.